The zero-order valence-corrected chi connectivity index (χ0v) is 14.3. The molecular weight excluding hydrogens is 300 g/mol. The monoisotopic (exact) mass is 324 g/mol. The summed E-state index contributed by atoms with van der Waals surface area (Å²) in [5.41, 5.74) is 3.31. The van der Waals surface area contributed by atoms with E-state index >= 15 is 0 Å². The van der Waals surface area contributed by atoms with Crippen LogP contribution in [0.3, 0.4) is 0 Å². The predicted octanol–water partition coefficient (Wildman–Crippen LogP) is 4.83. The lowest BCUT2D eigenvalue weighted by Gasteiger charge is -2.15. The second-order valence-corrected chi connectivity index (χ2v) is 5.69. The van der Waals surface area contributed by atoms with Crippen LogP contribution in [0.5, 0.6) is 0 Å². The van der Waals surface area contributed by atoms with E-state index < -0.39 is 0 Å². The number of carbonyl (C=O) groups excluding carboxylic acids is 2. The van der Waals surface area contributed by atoms with Crippen LogP contribution >= 0.6 is 0 Å². The van der Waals surface area contributed by atoms with Gasteiger partial charge in [-0.2, -0.15) is 0 Å². The van der Waals surface area contributed by atoms with E-state index in [1.807, 2.05) is 62.4 Å². The second-order valence-electron chi connectivity index (χ2n) is 5.69. The van der Waals surface area contributed by atoms with Crippen LogP contribution in [0, 0.1) is 0 Å². The lowest BCUT2D eigenvalue weighted by Crippen LogP contribution is -2.13. The molecule has 2 N–H and O–H groups in total. The molecule has 0 aromatic heterocycles. The van der Waals surface area contributed by atoms with Crippen molar-refractivity contribution >= 4 is 23.2 Å². The number of anilines is 2. The van der Waals surface area contributed by atoms with Gasteiger partial charge in [-0.15, -0.1) is 0 Å². The number of amides is 2. The van der Waals surface area contributed by atoms with Crippen LogP contribution in [-0.2, 0) is 9.59 Å². The molecule has 0 aliphatic rings. The van der Waals surface area contributed by atoms with Crippen molar-refractivity contribution in [3.05, 3.63) is 48.5 Å². The molecule has 2 amide bonds. The highest BCUT2D eigenvalue weighted by Crippen LogP contribution is 2.33. The maximum atomic E-state index is 12.0. The van der Waals surface area contributed by atoms with Crippen LogP contribution in [-0.4, -0.2) is 11.8 Å². The van der Waals surface area contributed by atoms with Gasteiger partial charge in [-0.05, 0) is 25.0 Å². The lowest BCUT2D eigenvalue weighted by atomic mass is 10.0. The quantitative estimate of drug-likeness (QED) is 0.766. The van der Waals surface area contributed by atoms with E-state index in [0.717, 1.165) is 35.3 Å². The third kappa shape index (κ3) is 4.69. The molecule has 4 nitrogen and oxygen atoms in total. The molecule has 0 bridgehead atoms. The second kappa shape index (κ2) is 8.87. The Morgan fingerprint density at radius 1 is 0.708 bits per heavy atom. The summed E-state index contributed by atoms with van der Waals surface area (Å²) >= 11 is 0. The minimum absolute atomic E-state index is 0.00236. The van der Waals surface area contributed by atoms with Gasteiger partial charge in [0.15, 0.2) is 0 Å². The Labute approximate surface area is 143 Å². The van der Waals surface area contributed by atoms with Crippen LogP contribution in [0.4, 0.5) is 11.4 Å². The first-order valence-corrected chi connectivity index (χ1v) is 8.43. The van der Waals surface area contributed by atoms with Gasteiger partial charge < -0.3 is 10.6 Å². The summed E-state index contributed by atoms with van der Waals surface area (Å²) in [6.45, 7) is 3.95. The van der Waals surface area contributed by atoms with Crippen molar-refractivity contribution < 1.29 is 9.59 Å². The fourth-order valence-electron chi connectivity index (χ4n) is 2.53. The Kier molecular flexibility index (Phi) is 6.55. The summed E-state index contributed by atoms with van der Waals surface area (Å²) in [7, 11) is 0. The highest BCUT2D eigenvalue weighted by atomic mass is 16.2. The molecule has 0 saturated carbocycles. The van der Waals surface area contributed by atoms with Gasteiger partial charge in [0.1, 0.15) is 0 Å². The van der Waals surface area contributed by atoms with Gasteiger partial charge in [0, 0.05) is 35.3 Å². The van der Waals surface area contributed by atoms with Crippen molar-refractivity contribution in [1.82, 2.24) is 0 Å². The summed E-state index contributed by atoms with van der Waals surface area (Å²) in [5, 5.41) is 5.93. The highest BCUT2D eigenvalue weighted by Gasteiger charge is 2.12. The average Bonchev–Trinajstić information content (AvgIpc) is 2.56. The predicted molar refractivity (Wildman–Crippen MR) is 99.0 cm³/mol. The van der Waals surface area contributed by atoms with Crippen LogP contribution in [0.25, 0.3) is 11.1 Å². The fourth-order valence-corrected chi connectivity index (χ4v) is 2.53. The van der Waals surface area contributed by atoms with E-state index in [-0.39, 0.29) is 11.8 Å². The molecule has 0 aliphatic carbocycles. The van der Waals surface area contributed by atoms with Crippen molar-refractivity contribution in [3.63, 3.8) is 0 Å². The topological polar surface area (TPSA) is 58.2 Å². The molecule has 0 unspecified atom stereocenters. The van der Waals surface area contributed by atoms with Crippen molar-refractivity contribution in [2.45, 2.75) is 39.5 Å². The van der Waals surface area contributed by atoms with Crippen LogP contribution in [0.1, 0.15) is 39.5 Å². The first-order valence-electron chi connectivity index (χ1n) is 8.43. The highest BCUT2D eigenvalue weighted by molar-refractivity contribution is 6.00. The molecule has 0 radical (unpaired) electrons. The lowest BCUT2D eigenvalue weighted by molar-refractivity contribution is -0.117. The number of rotatable bonds is 7. The molecule has 0 spiro atoms. The first kappa shape index (κ1) is 17.7. The maximum absolute atomic E-state index is 12.0. The first-order chi connectivity index (χ1) is 11.7. The van der Waals surface area contributed by atoms with Gasteiger partial charge in [0.2, 0.25) is 11.8 Å². The maximum Gasteiger partial charge on any atom is 0.224 e. The van der Waals surface area contributed by atoms with Gasteiger partial charge >= 0.3 is 0 Å². The molecule has 0 aliphatic heterocycles. The van der Waals surface area contributed by atoms with Crippen LogP contribution < -0.4 is 10.6 Å². The minimum Gasteiger partial charge on any atom is -0.326 e. The van der Waals surface area contributed by atoms with Gasteiger partial charge in [0.05, 0.1) is 0 Å². The number of hydrogen-bond donors (Lipinski definition) is 2. The summed E-state index contributed by atoms with van der Waals surface area (Å²) in [5.74, 6) is -0.00472. The summed E-state index contributed by atoms with van der Waals surface area (Å²) in [6.07, 6.45) is 2.59. The SMILES string of the molecule is CCCC(=O)Nc1ccccc1-c1ccccc1NC(=O)CCC. The fraction of sp³-hybridized carbons (Fsp3) is 0.300. The molecular formula is C20H24N2O2. The van der Waals surface area contributed by atoms with Gasteiger partial charge in [-0.3, -0.25) is 9.59 Å². The van der Waals surface area contributed by atoms with Crippen LogP contribution in [0.2, 0.25) is 0 Å². The van der Waals surface area contributed by atoms with E-state index in [4.69, 9.17) is 0 Å². The minimum atomic E-state index is -0.00236. The molecule has 4 heteroatoms. The summed E-state index contributed by atoms with van der Waals surface area (Å²) < 4.78 is 0. The Bertz CT molecular complexity index is 649. The molecule has 0 heterocycles. The Morgan fingerprint density at radius 2 is 1.08 bits per heavy atom. The van der Waals surface area contributed by atoms with Crippen molar-refractivity contribution in [3.8, 4) is 11.1 Å². The number of hydrogen-bond acceptors (Lipinski definition) is 2. The van der Waals surface area contributed by atoms with E-state index in [1.165, 1.54) is 0 Å². The molecule has 0 fully saturated rings. The third-order valence-corrected chi connectivity index (χ3v) is 3.65. The Morgan fingerprint density at radius 3 is 1.46 bits per heavy atom. The van der Waals surface area contributed by atoms with E-state index in [0.29, 0.717) is 12.8 Å². The van der Waals surface area contributed by atoms with Crippen LogP contribution in [0.15, 0.2) is 48.5 Å². The largest absolute Gasteiger partial charge is 0.326 e. The number of para-hydroxylation sites is 2. The summed E-state index contributed by atoms with van der Waals surface area (Å²) in [4.78, 5) is 23.9. The number of carbonyl (C=O) groups is 2. The third-order valence-electron chi connectivity index (χ3n) is 3.65. The van der Waals surface area contributed by atoms with Crippen molar-refractivity contribution in [2.24, 2.45) is 0 Å². The van der Waals surface area contributed by atoms with Crippen molar-refractivity contribution in [1.29, 1.82) is 0 Å². The number of benzene rings is 2. The van der Waals surface area contributed by atoms with Gasteiger partial charge in [-0.25, -0.2) is 0 Å². The molecule has 0 saturated heterocycles. The van der Waals surface area contributed by atoms with E-state index in [9.17, 15) is 9.59 Å². The molecule has 2 aromatic rings. The Balaban J connectivity index is 2.35. The zero-order valence-electron chi connectivity index (χ0n) is 14.3. The Hall–Kier alpha value is -2.62. The molecule has 2 aromatic carbocycles. The number of nitrogens with one attached hydrogen (secondary N) is 2. The van der Waals surface area contributed by atoms with Gasteiger partial charge in [0.25, 0.3) is 0 Å². The van der Waals surface area contributed by atoms with Crippen molar-refractivity contribution in [2.75, 3.05) is 10.6 Å². The molecule has 126 valence electrons. The molecule has 2 rings (SSSR count). The smallest absolute Gasteiger partial charge is 0.224 e. The average molecular weight is 324 g/mol. The summed E-state index contributed by atoms with van der Waals surface area (Å²) in [6, 6.07) is 15.3. The standard InChI is InChI=1S/C20H24N2O2/c1-3-9-19(23)21-17-13-7-5-11-15(17)16-12-6-8-14-18(16)22-20(24)10-4-2/h5-8,11-14H,3-4,9-10H2,1-2H3,(H,21,23)(H,22,24). The molecule has 24 heavy (non-hydrogen) atoms. The normalized spacial score (nSPS) is 10.2. The van der Waals surface area contributed by atoms with E-state index in [1.54, 1.807) is 0 Å². The zero-order chi connectivity index (χ0) is 17.4. The van der Waals surface area contributed by atoms with Gasteiger partial charge in [-0.1, -0.05) is 50.2 Å². The molecule has 0 atom stereocenters. The van der Waals surface area contributed by atoms with E-state index in [2.05, 4.69) is 10.6 Å².